The van der Waals surface area contributed by atoms with Crippen LogP contribution in [0.4, 0.5) is 0 Å². The van der Waals surface area contributed by atoms with Crippen LogP contribution in [-0.4, -0.2) is 0 Å². The minimum atomic E-state index is 0.111. The monoisotopic (exact) mass is 233 g/mol. The molecule has 0 aromatic carbocycles. The van der Waals surface area contributed by atoms with Gasteiger partial charge in [-0.3, -0.25) is 0 Å². The highest BCUT2D eigenvalue weighted by molar-refractivity contribution is 5.11. The van der Waals surface area contributed by atoms with Crippen LogP contribution in [0.3, 0.4) is 0 Å². The van der Waals surface area contributed by atoms with Crippen molar-refractivity contribution in [2.75, 3.05) is 0 Å². The molecule has 2 bridgehead atoms. The van der Waals surface area contributed by atoms with E-state index in [9.17, 15) is 0 Å². The van der Waals surface area contributed by atoms with Gasteiger partial charge in [-0.25, -0.2) is 0 Å². The second kappa shape index (κ2) is 4.49. The number of nitrogens with two attached hydrogens (primary N) is 1. The van der Waals surface area contributed by atoms with Gasteiger partial charge in [0.15, 0.2) is 0 Å². The van der Waals surface area contributed by atoms with Crippen molar-refractivity contribution in [1.82, 2.24) is 0 Å². The Kier molecular flexibility index (Phi) is 2.99. The predicted octanol–water partition coefficient (Wildman–Crippen LogP) is 3.67. The molecule has 2 fully saturated rings. The van der Waals surface area contributed by atoms with E-state index in [-0.39, 0.29) is 6.04 Å². The summed E-state index contributed by atoms with van der Waals surface area (Å²) >= 11 is 0. The van der Waals surface area contributed by atoms with Crippen molar-refractivity contribution >= 4 is 0 Å². The zero-order chi connectivity index (χ0) is 11.8. The van der Waals surface area contributed by atoms with Crippen LogP contribution in [0.2, 0.25) is 0 Å². The van der Waals surface area contributed by atoms with Crippen LogP contribution in [0, 0.1) is 17.8 Å². The lowest BCUT2D eigenvalue weighted by atomic mass is 9.84. The molecule has 2 nitrogen and oxygen atoms in total. The van der Waals surface area contributed by atoms with Crippen molar-refractivity contribution < 1.29 is 4.42 Å². The Morgan fingerprint density at radius 1 is 1.35 bits per heavy atom. The number of hydrogen-bond donors (Lipinski definition) is 1. The first-order valence-corrected chi connectivity index (χ1v) is 7.10. The van der Waals surface area contributed by atoms with Gasteiger partial charge < -0.3 is 10.2 Å². The van der Waals surface area contributed by atoms with Gasteiger partial charge in [-0.1, -0.05) is 13.3 Å². The topological polar surface area (TPSA) is 39.2 Å². The molecule has 1 aromatic heterocycles. The van der Waals surface area contributed by atoms with Crippen molar-refractivity contribution in [3.8, 4) is 0 Å². The number of furan rings is 1. The van der Waals surface area contributed by atoms with Crippen molar-refractivity contribution in [1.29, 1.82) is 0 Å². The zero-order valence-corrected chi connectivity index (χ0v) is 10.7. The quantitative estimate of drug-likeness (QED) is 0.861. The van der Waals surface area contributed by atoms with Crippen LogP contribution >= 0.6 is 0 Å². The summed E-state index contributed by atoms with van der Waals surface area (Å²) in [7, 11) is 0. The zero-order valence-electron chi connectivity index (χ0n) is 10.7. The number of aryl methyl sites for hydroxylation is 1. The lowest BCUT2D eigenvalue weighted by molar-refractivity contribution is 0.281. The average Bonchev–Trinajstić information content (AvgIpc) is 3.04. The average molecular weight is 233 g/mol. The Bertz CT molecular complexity index is 384. The third-order valence-electron chi connectivity index (χ3n) is 4.84. The summed E-state index contributed by atoms with van der Waals surface area (Å²) in [6.45, 7) is 2.12. The maximum absolute atomic E-state index is 6.28. The smallest absolute Gasteiger partial charge is 0.120 e. The third-order valence-corrected chi connectivity index (χ3v) is 4.84. The van der Waals surface area contributed by atoms with Gasteiger partial charge in [0.2, 0.25) is 0 Å². The van der Waals surface area contributed by atoms with Gasteiger partial charge in [-0.15, -0.1) is 0 Å². The van der Waals surface area contributed by atoms with Crippen molar-refractivity contribution in [3.63, 3.8) is 0 Å². The van der Waals surface area contributed by atoms with Crippen LogP contribution in [0.15, 0.2) is 16.5 Å². The molecular weight excluding hydrogens is 210 g/mol. The Morgan fingerprint density at radius 2 is 2.24 bits per heavy atom. The van der Waals surface area contributed by atoms with Gasteiger partial charge in [0.05, 0.1) is 6.04 Å². The molecule has 1 aromatic rings. The van der Waals surface area contributed by atoms with E-state index >= 15 is 0 Å². The van der Waals surface area contributed by atoms with E-state index in [1.807, 2.05) is 0 Å². The summed E-state index contributed by atoms with van der Waals surface area (Å²) in [6.07, 6.45) is 7.88. The van der Waals surface area contributed by atoms with Crippen molar-refractivity contribution in [3.05, 3.63) is 23.7 Å². The fourth-order valence-corrected chi connectivity index (χ4v) is 3.89. The molecule has 4 atom stereocenters. The first kappa shape index (κ1) is 11.3. The molecule has 2 aliphatic carbocycles. The van der Waals surface area contributed by atoms with E-state index in [4.69, 9.17) is 10.2 Å². The molecule has 2 N–H and O–H groups in total. The summed E-state index contributed by atoms with van der Waals surface area (Å²) in [6, 6.07) is 4.24. The molecule has 2 heteroatoms. The second-order valence-corrected chi connectivity index (χ2v) is 5.93. The molecular formula is C15H23NO. The maximum Gasteiger partial charge on any atom is 0.120 e. The second-order valence-electron chi connectivity index (χ2n) is 5.93. The number of rotatable bonds is 4. The fraction of sp³-hybridized carbons (Fsp3) is 0.733. The molecule has 2 saturated carbocycles. The lowest BCUT2D eigenvalue weighted by Crippen LogP contribution is -2.19. The summed E-state index contributed by atoms with van der Waals surface area (Å²) in [4.78, 5) is 0. The van der Waals surface area contributed by atoms with E-state index in [1.165, 1.54) is 25.7 Å². The maximum atomic E-state index is 6.28. The lowest BCUT2D eigenvalue weighted by Gasteiger charge is -2.23. The molecule has 0 spiro atoms. The van der Waals surface area contributed by atoms with E-state index < -0.39 is 0 Å². The van der Waals surface area contributed by atoms with E-state index in [0.717, 1.165) is 42.1 Å². The van der Waals surface area contributed by atoms with E-state index in [0.29, 0.717) is 0 Å². The van der Waals surface area contributed by atoms with Gasteiger partial charge in [0, 0.05) is 6.42 Å². The fourth-order valence-electron chi connectivity index (χ4n) is 3.89. The van der Waals surface area contributed by atoms with Gasteiger partial charge in [0.25, 0.3) is 0 Å². The van der Waals surface area contributed by atoms with Crippen LogP contribution < -0.4 is 5.73 Å². The molecule has 4 unspecified atom stereocenters. The molecule has 0 amide bonds. The van der Waals surface area contributed by atoms with Crippen LogP contribution in [0.5, 0.6) is 0 Å². The van der Waals surface area contributed by atoms with Crippen molar-refractivity contribution in [2.24, 2.45) is 23.5 Å². The van der Waals surface area contributed by atoms with E-state index in [2.05, 4.69) is 19.1 Å². The number of hydrogen-bond acceptors (Lipinski definition) is 2. The Hall–Kier alpha value is -0.760. The molecule has 17 heavy (non-hydrogen) atoms. The molecule has 1 heterocycles. The minimum absolute atomic E-state index is 0.111. The predicted molar refractivity (Wildman–Crippen MR) is 68.6 cm³/mol. The molecule has 94 valence electrons. The van der Waals surface area contributed by atoms with Gasteiger partial charge in [-0.2, -0.15) is 0 Å². The normalized spacial score (nSPS) is 33.2. The van der Waals surface area contributed by atoms with Gasteiger partial charge >= 0.3 is 0 Å². The SMILES string of the molecule is CCc1ccc(C(N)CC2CC3CCC2C3)o1. The van der Waals surface area contributed by atoms with Crippen LogP contribution in [-0.2, 0) is 6.42 Å². The summed E-state index contributed by atoms with van der Waals surface area (Å²) in [5, 5.41) is 0. The first-order chi connectivity index (χ1) is 8.26. The van der Waals surface area contributed by atoms with Crippen LogP contribution in [0.1, 0.15) is 56.6 Å². The highest BCUT2D eigenvalue weighted by atomic mass is 16.3. The molecule has 0 radical (unpaired) electrons. The van der Waals surface area contributed by atoms with Crippen LogP contribution in [0.25, 0.3) is 0 Å². The highest BCUT2D eigenvalue weighted by Gasteiger charge is 2.40. The number of fused-ring (bicyclic) bond motifs is 2. The highest BCUT2D eigenvalue weighted by Crippen LogP contribution is 2.50. The standard InChI is InChI=1S/C15H23NO/c1-2-13-5-6-15(17-13)14(16)9-12-8-10-3-4-11(12)7-10/h5-6,10-12,14H,2-4,7-9,16H2,1H3. The first-order valence-electron chi connectivity index (χ1n) is 7.10. The van der Waals surface area contributed by atoms with Gasteiger partial charge in [0.1, 0.15) is 11.5 Å². The molecule has 2 aliphatic rings. The Morgan fingerprint density at radius 3 is 2.82 bits per heavy atom. The summed E-state index contributed by atoms with van der Waals surface area (Å²) in [5.41, 5.74) is 6.28. The summed E-state index contributed by atoms with van der Waals surface area (Å²) in [5.74, 6) is 4.89. The molecule has 0 aliphatic heterocycles. The third kappa shape index (κ3) is 2.15. The van der Waals surface area contributed by atoms with E-state index in [1.54, 1.807) is 0 Å². The Labute approximate surface area is 104 Å². The summed E-state index contributed by atoms with van der Waals surface area (Å²) < 4.78 is 5.76. The minimum Gasteiger partial charge on any atom is -0.464 e. The largest absolute Gasteiger partial charge is 0.464 e. The molecule has 0 saturated heterocycles. The Balaban J connectivity index is 1.61. The van der Waals surface area contributed by atoms with Crippen molar-refractivity contribution in [2.45, 2.75) is 51.5 Å². The molecule has 3 rings (SSSR count). The van der Waals surface area contributed by atoms with Gasteiger partial charge in [-0.05, 0) is 55.6 Å².